The number of hydrogen-bond acceptors (Lipinski definition) is 5. The molecular formula is C60H53BN2O3S. The van der Waals surface area contributed by atoms with Crippen LogP contribution in [-0.4, -0.2) is 11.4 Å². The molecule has 0 radical (unpaired) electrons. The number of rotatable bonds is 1. The van der Waals surface area contributed by atoms with E-state index in [1.165, 1.54) is 76.5 Å². The standard InChI is InChI=1S/C60H53BN2O3S/c1-57(2,3)32-19-22-34(23-20-32)63-42-31-47-46(64-44-17-13-14-18-45(44)65-47)29-37(42)51-52-54-49(50-35-15-11-12-16-43(35)66-55(50)51)36-27-33(58(4,5)6)21-24-41(36)62(54)53-38-28-39-40(30-48(38)67-56(53)61(52)63)60(9,10)26-25-59(39,7)8/h11-24,27-31H,25-26H2,1-10H3. The predicted molar refractivity (Wildman–Crippen MR) is 282 cm³/mol. The van der Waals surface area contributed by atoms with Gasteiger partial charge in [0.05, 0.1) is 16.7 Å². The van der Waals surface area contributed by atoms with E-state index in [-0.39, 0.29) is 28.5 Å². The smallest absolute Gasteiger partial charge is 0.343 e. The maximum atomic E-state index is 7.30. The molecule has 3 aliphatic heterocycles. The Bertz CT molecular complexity index is 3850. The Morgan fingerprint density at radius 1 is 0.612 bits per heavy atom. The Morgan fingerprint density at radius 3 is 1.96 bits per heavy atom. The lowest BCUT2D eigenvalue weighted by molar-refractivity contribution is 0.332. The number of hydrogen-bond donors (Lipinski definition) is 0. The van der Waals surface area contributed by atoms with Crippen molar-refractivity contribution >= 4 is 93.6 Å². The third-order valence-corrected chi connectivity index (χ3v) is 17.2. The van der Waals surface area contributed by atoms with E-state index in [4.69, 9.17) is 13.9 Å². The monoisotopic (exact) mass is 892 g/mol. The van der Waals surface area contributed by atoms with Crippen molar-refractivity contribution in [3.05, 3.63) is 138 Å². The summed E-state index contributed by atoms with van der Waals surface area (Å²) in [5.41, 5.74) is 16.9. The van der Waals surface area contributed by atoms with Gasteiger partial charge in [-0.05, 0) is 123 Å². The molecule has 10 aromatic rings. The Morgan fingerprint density at radius 2 is 1.25 bits per heavy atom. The van der Waals surface area contributed by atoms with Crippen LogP contribution in [0.15, 0.2) is 120 Å². The minimum Gasteiger partial charge on any atom is -0.455 e. The normalized spacial score (nSPS) is 16.5. The molecule has 14 rings (SSSR count). The molecule has 0 amide bonds. The maximum absolute atomic E-state index is 7.30. The van der Waals surface area contributed by atoms with Gasteiger partial charge in [0, 0.05) is 65.0 Å². The second-order valence-corrected chi connectivity index (χ2v) is 24.2. The van der Waals surface area contributed by atoms with Gasteiger partial charge < -0.3 is 23.3 Å². The van der Waals surface area contributed by atoms with Crippen LogP contribution in [0.25, 0.3) is 70.6 Å². The molecule has 1 aliphatic carbocycles. The quantitative estimate of drug-likeness (QED) is 0.154. The van der Waals surface area contributed by atoms with Gasteiger partial charge in [-0.25, -0.2) is 0 Å². The zero-order chi connectivity index (χ0) is 45.8. The van der Waals surface area contributed by atoms with Gasteiger partial charge in [0.25, 0.3) is 0 Å². The van der Waals surface area contributed by atoms with Crippen LogP contribution in [0.4, 0.5) is 11.4 Å². The van der Waals surface area contributed by atoms with Gasteiger partial charge in [-0.3, -0.25) is 0 Å². The topological polar surface area (TPSA) is 39.8 Å². The molecule has 3 aromatic heterocycles. The molecule has 7 aromatic carbocycles. The summed E-state index contributed by atoms with van der Waals surface area (Å²) in [6, 6.07) is 42.9. The van der Waals surface area contributed by atoms with E-state index in [0.29, 0.717) is 23.0 Å². The molecule has 0 fully saturated rings. The molecule has 7 heteroatoms. The fourth-order valence-corrected chi connectivity index (χ4v) is 13.5. The first-order valence-corrected chi connectivity index (χ1v) is 24.9. The van der Waals surface area contributed by atoms with E-state index in [9.17, 15) is 0 Å². The highest BCUT2D eigenvalue weighted by Gasteiger charge is 2.49. The zero-order valence-corrected chi connectivity index (χ0v) is 40.8. The lowest BCUT2D eigenvalue weighted by Crippen LogP contribution is -2.59. The van der Waals surface area contributed by atoms with E-state index in [0.717, 1.165) is 50.9 Å². The zero-order valence-electron chi connectivity index (χ0n) is 40.0. The van der Waals surface area contributed by atoms with Crippen molar-refractivity contribution in [1.82, 2.24) is 4.57 Å². The van der Waals surface area contributed by atoms with E-state index >= 15 is 0 Å². The largest absolute Gasteiger partial charge is 0.455 e. The highest BCUT2D eigenvalue weighted by atomic mass is 32.1. The predicted octanol–water partition coefficient (Wildman–Crippen LogP) is 16.0. The average molecular weight is 893 g/mol. The fraction of sp³-hybridized carbons (Fsp3) is 0.267. The number of benzene rings is 7. The molecule has 6 heterocycles. The van der Waals surface area contributed by atoms with Crippen molar-refractivity contribution in [2.24, 2.45) is 0 Å². The first kappa shape index (κ1) is 39.7. The Kier molecular flexibility index (Phi) is 7.56. The summed E-state index contributed by atoms with van der Waals surface area (Å²) in [5.74, 6) is 2.82. The Hall–Kier alpha value is -6.44. The summed E-state index contributed by atoms with van der Waals surface area (Å²) in [4.78, 5) is 2.62. The van der Waals surface area contributed by atoms with Crippen molar-refractivity contribution < 1.29 is 13.9 Å². The summed E-state index contributed by atoms with van der Waals surface area (Å²) >= 11 is 1.98. The highest BCUT2D eigenvalue weighted by Crippen LogP contribution is 2.57. The molecule has 330 valence electrons. The van der Waals surface area contributed by atoms with Crippen molar-refractivity contribution in [1.29, 1.82) is 0 Å². The van der Waals surface area contributed by atoms with E-state index in [1.54, 1.807) is 0 Å². The number of fused-ring (bicyclic) bond motifs is 18. The van der Waals surface area contributed by atoms with Gasteiger partial charge in [-0.1, -0.05) is 118 Å². The number of aromatic nitrogens is 1. The van der Waals surface area contributed by atoms with Crippen LogP contribution in [0.5, 0.6) is 23.0 Å². The molecule has 0 unspecified atom stereocenters. The van der Waals surface area contributed by atoms with E-state index in [1.807, 2.05) is 35.6 Å². The first-order valence-electron chi connectivity index (χ1n) is 24.1. The van der Waals surface area contributed by atoms with Gasteiger partial charge in [-0.15, -0.1) is 11.3 Å². The SMILES string of the molecule is CC(C)(C)c1ccc(N2B3c4sc5cc6c(cc5c4-n4c5ccc(C(C)(C)C)cc5c5c7c(oc8ccccc87)c(c3c54)-c3cc4c(cc32)Oc2ccccc2O4)C(C)(C)CCC6(C)C)cc1. The van der Waals surface area contributed by atoms with Gasteiger partial charge in [0.1, 0.15) is 11.2 Å². The molecule has 0 atom stereocenters. The van der Waals surface area contributed by atoms with Crippen LogP contribution < -0.4 is 24.5 Å². The Balaban J connectivity index is 1.20. The summed E-state index contributed by atoms with van der Waals surface area (Å²) in [7, 11) is 0. The Labute approximate surface area is 396 Å². The molecule has 67 heavy (non-hydrogen) atoms. The number of para-hydroxylation sites is 3. The molecule has 0 saturated heterocycles. The van der Waals surface area contributed by atoms with E-state index in [2.05, 4.69) is 170 Å². The van der Waals surface area contributed by atoms with Gasteiger partial charge >= 0.3 is 6.85 Å². The van der Waals surface area contributed by atoms with Gasteiger partial charge in [0.15, 0.2) is 23.0 Å². The minimum absolute atomic E-state index is 0.00135. The van der Waals surface area contributed by atoms with Crippen molar-refractivity contribution in [3.63, 3.8) is 0 Å². The maximum Gasteiger partial charge on any atom is 0.343 e. The molecule has 0 bridgehead atoms. The molecular weight excluding hydrogens is 840 g/mol. The minimum atomic E-state index is -0.192. The number of ether oxygens (including phenoxy) is 2. The van der Waals surface area contributed by atoms with Gasteiger partial charge in [-0.2, -0.15) is 0 Å². The number of nitrogens with zero attached hydrogens (tertiary/aromatic N) is 2. The molecule has 0 saturated carbocycles. The lowest BCUT2D eigenvalue weighted by atomic mass is 9.47. The van der Waals surface area contributed by atoms with E-state index < -0.39 is 0 Å². The first-order chi connectivity index (χ1) is 32.0. The fourth-order valence-electron chi connectivity index (χ4n) is 12.2. The number of anilines is 2. The molecule has 0 spiro atoms. The summed E-state index contributed by atoms with van der Waals surface area (Å²) < 4.78 is 26.2. The van der Waals surface area contributed by atoms with Crippen LogP contribution in [0.3, 0.4) is 0 Å². The van der Waals surface area contributed by atoms with Crippen LogP contribution in [0.2, 0.25) is 0 Å². The van der Waals surface area contributed by atoms with Gasteiger partial charge in [0.2, 0.25) is 0 Å². The lowest BCUT2D eigenvalue weighted by Gasteiger charge is -2.42. The van der Waals surface area contributed by atoms with Crippen LogP contribution in [-0.2, 0) is 21.7 Å². The second kappa shape index (κ2) is 12.8. The molecule has 5 nitrogen and oxygen atoms in total. The number of furan rings is 1. The summed E-state index contributed by atoms with van der Waals surface area (Å²) in [6.45, 7) is 23.5. The second-order valence-electron chi connectivity index (χ2n) is 23.1. The van der Waals surface area contributed by atoms with Crippen LogP contribution >= 0.6 is 11.3 Å². The van der Waals surface area contributed by atoms with Crippen molar-refractivity contribution in [2.75, 3.05) is 4.81 Å². The van der Waals surface area contributed by atoms with Crippen molar-refractivity contribution in [3.8, 4) is 39.8 Å². The summed E-state index contributed by atoms with van der Waals surface area (Å²) in [6.07, 6.45) is 2.33. The van der Waals surface area contributed by atoms with Crippen molar-refractivity contribution in [2.45, 2.75) is 104 Å². The number of thiophene rings is 1. The third kappa shape index (κ3) is 5.27. The summed E-state index contributed by atoms with van der Waals surface area (Å²) in [5, 5.41) is 6.14. The van der Waals surface area contributed by atoms with Crippen LogP contribution in [0, 0.1) is 0 Å². The average Bonchev–Trinajstić information content (AvgIpc) is 3.97. The molecule has 0 N–H and O–H groups in total. The van der Waals surface area contributed by atoms with Crippen LogP contribution in [0.1, 0.15) is 104 Å². The third-order valence-electron chi connectivity index (χ3n) is 16.0. The molecule has 4 aliphatic rings. The highest BCUT2D eigenvalue weighted by molar-refractivity contribution is 7.32.